The number of aliphatic hydroxyl groups is 1. The second kappa shape index (κ2) is 11.1. The van der Waals surface area contributed by atoms with Crippen LogP contribution in [0.25, 0.3) is 0 Å². The van der Waals surface area contributed by atoms with Crippen LogP contribution in [0.1, 0.15) is 48.9 Å². The van der Waals surface area contributed by atoms with Gasteiger partial charge in [0, 0.05) is 42.9 Å². The Hall–Kier alpha value is -4.10. The molecule has 0 unspecified atom stereocenters. The average molecular weight is 496 g/mol. The fraction of sp³-hybridized carbons (Fsp3) is 0.308. The number of hydrogen-bond donors (Lipinski definition) is 2. The van der Waals surface area contributed by atoms with E-state index in [1.807, 2.05) is 18.2 Å². The van der Waals surface area contributed by atoms with Gasteiger partial charge < -0.3 is 15.7 Å². The van der Waals surface area contributed by atoms with Crippen LogP contribution >= 0.6 is 0 Å². The Balaban J connectivity index is 0.000000202. The lowest BCUT2D eigenvalue weighted by Gasteiger charge is -2.17. The predicted octanol–water partition coefficient (Wildman–Crippen LogP) is 3.18. The molecule has 0 radical (unpaired) electrons. The SMILES string of the molecule is CN1C(=O)CCCc2ccc(C#CC(C)(C)O)cc21.NC(=O)n1cc(Cc2ccc(F)nc2F)cn1. The molecule has 0 fully saturated rings. The van der Waals surface area contributed by atoms with E-state index in [9.17, 15) is 23.5 Å². The predicted molar refractivity (Wildman–Crippen MR) is 130 cm³/mol. The number of rotatable bonds is 2. The van der Waals surface area contributed by atoms with Crippen molar-refractivity contribution in [1.82, 2.24) is 14.8 Å². The summed E-state index contributed by atoms with van der Waals surface area (Å²) in [5.41, 5.74) is 7.73. The Morgan fingerprint density at radius 1 is 1.22 bits per heavy atom. The molecular weight excluding hydrogens is 468 g/mol. The van der Waals surface area contributed by atoms with Crippen molar-refractivity contribution in [3.63, 3.8) is 0 Å². The topological polar surface area (TPSA) is 114 Å². The summed E-state index contributed by atoms with van der Waals surface area (Å²) in [5, 5.41) is 13.3. The molecule has 1 aliphatic heterocycles. The highest BCUT2D eigenvalue weighted by atomic mass is 19.1. The standard InChI is InChI=1S/C16H19NO2.C10H8F2N4O/c1-16(2,19)10-9-12-7-8-13-5-4-6-15(18)17(3)14(13)11-12;11-8-2-1-7(9(12)15-8)3-6-4-14-16(5-6)10(13)17/h7-8,11,19H,4-6H2,1-3H3;1-2,4-5H,3H2,(H2,13,17). The number of hydrogen-bond acceptors (Lipinski definition) is 5. The van der Waals surface area contributed by atoms with Crippen LogP contribution in [0.5, 0.6) is 0 Å². The van der Waals surface area contributed by atoms with Gasteiger partial charge in [0.25, 0.3) is 0 Å². The van der Waals surface area contributed by atoms with Crippen molar-refractivity contribution < 1.29 is 23.5 Å². The van der Waals surface area contributed by atoms with Gasteiger partial charge in [-0.2, -0.15) is 23.5 Å². The highest BCUT2D eigenvalue weighted by Crippen LogP contribution is 2.27. The normalized spacial score (nSPS) is 13.1. The lowest BCUT2D eigenvalue weighted by atomic mass is 10.0. The summed E-state index contributed by atoms with van der Waals surface area (Å²) in [6.07, 6.45) is 5.33. The third-order valence-electron chi connectivity index (χ3n) is 5.32. The van der Waals surface area contributed by atoms with E-state index in [1.165, 1.54) is 24.0 Å². The molecule has 0 saturated heterocycles. The Kier molecular flexibility index (Phi) is 8.17. The Bertz CT molecular complexity index is 1340. The van der Waals surface area contributed by atoms with E-state index in [4.69, 9.17) is 5.73 Å². The third-order valence-corrected chi connectivity index (χ3v) is 5.32. The molecule has 36 heavy (non-hydrogen) atoms. The Labute approximate surface area is 207 Å². The summed E-state index contributed by atoms with van der Waals surface area (Å²) in [6.45, 7) is 3.30. The van der Waals surface area contributed by atoms with E-state index < -0.39 is 23.5 Å². The monoisotopic (exact) mass is 495 g/mol. The minimum absolute atomic E-state index is 0.145. The summed E-state index contributed by atoms with van der Waals surface area (Å²) in [5.74, 6) is 4.13. The number of fused-ring (bicyclic) bond motifs is 1. The van der Waals surface area contributed by atoms with E-state index in [2.05, 4.69) is 21.9 Å². The van der Waals surface area contributed by atoms with Crippen LogP contribution in [0.4, 0.5) is 19.3 Å². The second-order valence-electron chi connectivity index (χ2n) is 8.85. The van der Waals surface area contributed by atoms with Gasteiger partial charge in [-0.25, -0.2) is 4.79 Å². The van der Waals surface area contributed by atoms with Crippen LogP contribution < -0.4 is 10.6 Å². The number of carbonyl (C=O) groups is 2. The van der Waals surface area contributed by atoms with Crippen LogP contribution in [0.3, 0.4) is 0 Å². The number of carbonyl (C=O) groups excluding carboxylic acids is 2. The minimum Gasteiger partial charge on any atom is -0.378 e. The lowest BCUT2D eigenvalue weighted by Crippen LogP contribution is -2.25. The zero-order chi connectivity index (χ0) is 26.5. The van der Waals surface area contributed by atoms with Crippen molar-refractivity contribution in [3.8, 4) is 11.8 Å². The molecule has 3 heterocycles. The number of aromatic nitrogens is 3. The van der Waals surface area contributed by atoms with Gasteiger partial charge in [-0.3, -0.25) is 4.79 Å². The summed E-state index contributed by atoms with van der Waals surface area (Å²) in [7, 11) is 1.81. The third kappa shape index (κ3) is 7.20. The molecule has 0 saturated carbocycles. The molecule has 0 aliphatic carbocycles. The molecule has 0 spiro atoms. The zero-order valence-corrected chi connectivity index (χ0v) is 20.3. The number of pyridine rings is 1. The molecule has 1 aliphatic rings. The maximum atomic E-state index is 13.2. The van der Waals surface area contributed by atoms with Gasteiger partial charge in [0.05, 0.1) is 6.20 Å². The molecule has 3 aromatic rings. The van der Waals surface area contributed by atoms with Crippen LogP contribution in [0.2, 0.25) is 0 Å². The van der Waals surface area contributed by atoms with Gasteiger partial charge >= 0.3 is 6.03 Å². The molecule has 10 heteroatoms. The zero-order valence-electron chi connectivity index (χ0n) is 20.3. The lowest BCUT2D eigenvalue weighted by molar-refractivity contribution is -0.118. The Morgan fingerprint density at radius 2 is 1.97 bits per heavy atom. The largest absolute Gasteiger partial charge is 0.378 e. The number of benzene rings is 1. The van der Waals surface area contributed by atoms with Crippen LogP contribution in [0, 0.1) is 23.7 Å². The van der Waals surface area contributed by atoms with Crippen molar-refractivity contribution in [2.75, 3.05) is 11.9 Å². The maximum absolute atomic E-state index is 13.2. The molecule has 2 aromatic heterocycles. The molecule has 0 atom stereocenters. The molecule has 188 valence electrons. The number of anilines is 1. The van der Waals surface area contributed by atoms with E-state index in [0.29, 0.717) is 12.0 Å². The second-order valence-corrected chi connectivity index (χ2v) is 8.85. The number of primary amides is 1. The number of halogens is 2. The molecule has 1 aromatic carbocycles. The first-order valence-corrected chi connectivity index (χ1v) is 11.2. The van der Waals surface area contributed by atoms with Gasteiger partial charge in [0.15, 0.2) is 0 Å². The summed E-state index contributed by atoms with van der Waals surface area (Å²) >= 11 is 0. The number of aryl methyl sites for hydroxylation is 1. The minimum atomic E-state index is -1.01. The highest BCUT2D eigenvalue weighted by molar-refractivity contribution is 5.94. The van der Waals surface area contributed by atoms with Crippen LogP contribution in [-0.2, 0) is 17.6 Å². The molecular formula is C26H27F2N5O3. The summed E-state index contributed by atoms with van der Waals surface area (Å²) in [6, 6.07) is 7.53. The number of nitrogens with zero attached hydrogens (tertiary/aromatic N) is 4. The highest BCUT2D eigenvalue weighted by Gasteiger charge is 2.18. The van der Waals surface area contributed by atoms with Crippen molar-refractivity contribution in [2.24, 2.45) is 5.73 Å². The first-order valence-electron chi connectivity index (χ1n) is 11.2. The molecule has 3 N–H and O–H groups in total. The van der Waals surface area contributed by atoms with Crippen molar-refractivity contribution in [1.29, 1.82) is 0 Å². The van der Waals surface area contributed by atoms with Gasteiger partial charge in [0.1, 0.15) is 5.60 Å². The fourth-order valence-electron chi connectivity index (χ4n) is 3.49. The van der Waals surface area contributed by atoms with Gasteiger partial charge in [-0.1, -0.05) is 17.9 Å². The van der Waals surface area contributed by atoms with E-state index >= 15 is 0 Å². The van der Waals surface area contributed by atoms with Crippen LogP contribution in [0.15, 0.2) is 42.7 Å². The quantitative estimate of drug-likeness (QED) is 0.419. The Morgan fingerprint density at radius 3 is 2.61 bits per heavy atom. The van der Waals surface area contributed by atoms with Crippen molar-refractivity contribution in [2.45, 2.75) is 45.1 Å². The first-order chi connectivity index (χ1) is 16.9. The molecule has 2 amide bonds. The maximum Gasteiger partial charge on any atom is 0.339 e. The van der Waals surface area contributed by atoms with E-state index in [0.717, 1.165) is 34.8 Å². The number of nitrogens with two attached hydrogens (primary N) is 1. The molecule has 0 bridgehead atoms. The van der Waals surface area contributed by atoms with Crippen molar-refractivity contribution in [3.05, 3.63) is 76.9 Å². The summed E-state index contributed by atoms with van der Waals surface area (Å²) in [4.78, 5) is 27.4. The van der Waals surface area contributed by atoms with Gasteiger partial charge in [-0.15, -0.1) is 0 Å². The number of amides is 2. The van der Waals surface area contributed by atoms with Gasteiger partial charge in [0.2, 0.25) is 17.8 Å². The average Bonchev–Trinajstić information content (AvgIpc) is 3.23. The first kappa shape index (κ1) is 26.5. The van der Waals surface area contributed by atoms with Gasteiger partial charge in [-0.05, 0) is 62.1 Å². The molecule has 4 rings (SSSR count). The fourth-order valence-corrected chi connectivity index (χ4v) is 3.49. The molecule has 8 nitrogen and oxygen atoms in total. The smallest absolute Gasteiger partial charge is 0.339 e. The summed E-state index contributed by atoms with van der Waals surface area (Å²) < 4.78 is 26.7. The van der Waals surface area contributed by atoms with Crippen LogP contribution in [-0.4, -0.2) is 44.5 Å². The van der Waals surface area contributed by atoms with Crippen molar-refractivity contribution >= 4 is 17.6 Å². The van der Waals surface area contributed by atoms with E-state index in [1.54, 1.807) is 25.8 Å². The van der Waals surface area contributed by atoms with E-state index in [-0.39, 0.29) is 17.9 Å².